The van der Waals surface area contributed by atoms with E-state index in [0.29, 0.717) is 6.54 Å². The highest BCUT2D eigenvalue weighted by atomic mass is 35.5. The molecule has 0 spiro atoms. The third kappa shape index (κ3) is 4.69. The van der Waals surface area contributed by atoms with Crippen LogP contribution in [-0.2, 0) is 11.3 Å². The summed E-state index contributed by atoms with van der Waals surface area (Å²) in [5.74, 6) is -1.77. The summed E-state index contributed by atoms with van der Waals surface area (Å²) in [7, 11) is 0. The highest BCUT2D eigenvalue weighted by Crippen LogP contribution is 2.24. The number of hydrogen-bond donors (Lipinski definition) is 2. The molecule has 0 heterocycles. The van der Waals surface area contributed by atoms with Gasteiger partial charge in [0.1, 0.15) is 11.9 Å². The molecule has 0 radical (unpaired) electrons. The molecule has 2 rings (SSSR count). The molecule has 0 aliphatic heterocycles. The maximum absolute atomic E-state index is 13.5. The molecule has 2 aromatic carbocycles. The molecule has 7 heteroatoms. The SMILES string of the molecule is CC(NC(=O)c1cc(F)c(Cl)cc1Cl)C(=O)NCc1ccccc1. The summed E-state index contributed by atoms with van der Waals surface area (Å²) < 4.78 is 13.5. The zero-order valence-corrected chi connectivity index (χ0v) is 14.3. The predicted octanol–water partition coefficient (Wildman–Crippen LogP) is 3.57. The lowest BCUT2D eigenvalue weighted by Gasteiger charge is -2.15. The second-order valence-corrected chi connectivity index (χ2v) is 5.96. The van der Waals surface area contributed by atoms with Crippen LogP contribution < -0.4 is 10.6 Å². The molecule has 0 fully saturated rings. The molecule has 0 saturated carbocycles. The van der Waals surface area contributed by atoms with E-state index < -0.39 is 17.8 Å². The van der Waals surface area contributed by atoms with Crippen molar-refractivity contribution in [1.82, 2.24) is 10.6 Å². The monoisotopic (exact) mass is 368 g/mol. The van der Waals surface area contributed by atoms with Gasteiger partial charge in [0.25, 0.3) is 5.91 Å². The van der Waals surface area contributed by atoms with E-state index >= 15 is 0 Å². The molecule has 1 atom stereocenters. The van der Waals surface area contributed by atoms with Crippen LogP contribution in [0.5, 0.6) is 0 Å². The molecular formula is C17H15Cl2FN2O2. The lowest BCUT2D eigenvalue weighted by molar-refractivity contribution is -0.122. The van der Waals surface area contributed by atoms with Crippen molar-refractivity contribution in [2.45, 2.75) is 19.5 Å². The standard InChI is InChI=1S/C17H15Cl2FN2O2/c1-10(16(23)21-9-11-5-3-2-4-6-11)22-17(24)12-7-15(20)14(19)8-13(12)18/h2-8,10H,9H2,1H3,(H,21,23)(H,22,24). The lowest BCUT2D eigenvalue weighted by atomic mass is 10.2. The Hall–Kier alpha value is -2.11. The Morgan fingerprint density at radius 2 is 1.79 bits per heavy atom. The number of amides is 2. The van der Waals surface area contributed by atoms with Crippen LogP contribution in [0.4, 0.5) is 4.39 Å². The van der Waals surface area contributed by atoms with Crippen LogP contribution in [0.2, 0.25) is 10.0 Å². The van der Waals surface area contributed by atoms with E-state index in [-0.39, 0.29) is 21.5 Å². The van der Waals surface area contributed by atoms with Gasteiger partial charge in [-0.1, -0.05) is 53.5 Å². The highest BCUT2D eigenvalue weighted by molar-refractivity contribution is 6.36. The van der Waals surface area contributed by atoms with E-state index in [1.807, 2.05) is 30.3 Å². The Kier molecular flexibility index (Phi) is 6.17. The molecule has 0 saturated heterocycles. The van der Waals surface area contributed by atoms with E-state index in [0.717, 1.165) is 17.7 Å². The van der Waals surface area contributed by atoms with Crippen LogP contribution in [0.25, 0.3) is 0 Å². The third-order valence-corrected chi connectivity index (χ3v) is 3.91. The second kappa shape index (κ2) is 8.13. The van der Waals surface area contributed by atoms with E-state index in [2.05, 4.69) is 10.6 Å². The van der Waals surface area contributed by atoms with Gasteiger partial charge in [-0.25, -0.2) is 4.39 Å². The zero-order chi connectivity index (χ0) is 17.7. The number of rotatable bonds is 5. The van der Waals surface area contributed by atoms with Crippen molar-refractivity contribution in [2.75, 3.05) is 0 Å². The molecule has 1 unspecified atom stereocenters. The molecule has 4 nitrogen and oxygen atoms in total. The van der Waals surface area contributed by atoms with Crippen LogP contribution in [0.3, 0.4) is 0 Å². The fourth-order valence-corrected chi connectivity index (χ4v) is 2.44. The van der Waals surface area contributed by atoms with Gasteiger partial charge in [0.15, 0.2) is 0 Å². The van der Waals surface area contributed by atoms with Crippen LogP contribution >= 0.6 is 23.2 Å². The van der Waals surface area contributed by atoms with Gasteiger partial charge in [0, 0.05) is 6.54 Å². The van der Waals surface area contributed by atoms with Crippen molar-refractivity contribution in [3.05, 3.63) is 69.5 Å². The first kappa shape index (κ1) is 18.2. The fourth-order valence-electron chi connectivity index (χ4n) is 1.97. The van der Waals surface area contributed by atoms with Crippen molar-refractivity contribution in [3.63, 3.8) is 0 Å². The van der Waals surface area contributed by atoms with Crippen molar-refractivity contribution < 1.29 is 14.0 Å². The van der Waals surface area contributed by atoms with E-state index in [1.54, 1.807) is 0 Å². The second-order valence-electron chi connectivity index (χ2n) is 5.14. The van der Waals surface area contributed by atoms with Gasteiger partial charge in [-0.15, -0.1) is 0 Å². The summed E-state index contributed by atoms with van der Waals surface area (Å²) in [6.45, 7) is 1.87. The van der Waals surface area contributed by atoms with Gasteiger partial charge in [0.2, 0.25) is 5.91 Å². The van der Waals surface area contributed by atoms with Crippen molar-refractivity contribution in [3.8, 4) is 0 Å². The minimum Gasteiger partial charge on any atom is -0.350 e. The van der Waals surface area contributed by atoms with Gasteiger partial charge < -0.3 is 10.6 Å². The average molecular weight is 369 g/mol. The minimum absolute atomic E-state index is 0.00999. The number of nitrogens with one attached hydrogen (secondary N) is 2. The molecule has 0 aromatic heterocycles. The summed E-state index contributed by atoms with van der Waals surface area (Å²) in [5, 5.41) is 5.02. The predicted molar refractivity (Wildman–Crippen MR) is 91.6 cm³/mol. The summed E-state index contributed by atoms with van der Waals surface area (Å²) >= 11 is 11.5. The molecule has 0 bridgehead atoms. The number of carbonyl (C=O) groups excluding carboxylic acids is 2. The Bertz CT molecular complexity index is 754. The van der Waals surface area contributed by atoms with Gasteiger partial charge in [-0.2, -0.15) is 0 Å². The third-order valence-electron chi connectivity index (χ3n) is 3.31. The normalized spacial score (nSPS) is 11.7. The molecule has 126 valence electrons. The number of hydrogen-bond acceptors (Lipinski definition) is 2. The van der Waals surface area contributed by atoms with Crippen LogP contribution in [0, 0.1) is 5.82 Å². The summed E-state index contributed by atoms with van der Waals surface area (Å²) in [6, 6.07) is 10.6. The summed E-state index contributed by atoms with van der Waals surface area (Å²) in [4.78, 5) is 24.2. The van der Waals surface area contributed by atoms with E-state index in [1.165, 1.54) is 6.92 Å². The van der Waals surface area contributed by atoms with E-state index in [9.17, 15) is 14.0 Å². The number of halogens is 3. The van der Waals surface area contributed by atoms with Crippen molar-refractivity contribution in [2.24, 2.45) is 0 Å². The summed E-state index contributed by atoms with van der Waals surface area (Å²) in [6.07, 6.45) is 0. The fraction of sp³-hybridized carbons (Fsp3) is 0.176. The first-order valence-electron chi connectivity index (χ1n) is 7.15. The lowest BCUT2D eigenvalue weighted by Crippen LogP contribution is -2.44. The zero-order valence-electron chi connectivity index (χ0n) is 12.8. The molecule has 2 aromatic rings. The molecule has 2 N–H and O–H groups in total. The molecule has 0 aliphatic carbocycles. The smallest absolute Gasteiger partial charge is 0.253 e. The van der Waals surface area contributed by atoms with Gasteiger partial charge in [-0.3, -0.25) is 9.59 Å². The first-order chi connectivity index (χ1) is 11.4. The van der Waals surface area contributed by atoms with Gasteiger partial charge in [0.05, 0.1) is 15.6 Å². The maximum atomic E-state index is 13.5. The Morgan fingerprint density at radius 3 is 2.46 bits per heavy atom. The van der Waals surface area contributed by atoms with Gasteiger partial charge >= 0.3 is 0 Å². The molecular weight excluding hydrogens is 354 g/mol. The van der Waals surface area contributed by atoms with E-state index in [4.69, 9.17) is 23.2 Å². The molecule has 0 aliphatic rings. The van der Waals surface area contributed by atoms with Crippen LogP contribution in [-0.4, -0.2) is 17.9 Å². The minimum atomic E-state index is -0.809. The Morgan fingerprint density at radius 1 is 1.12 bits per heavy atom. The quantitative estimate of drug-likeness (QED) is 0.792. The number of benzene rings is 2. The van der Waals surface area contributed by atoms with Crippen LogP contribution in [0.15, 0.2) is 42.5 Å². The topological polar surface area (TPSA) is 58.2 Å². The first-order valence-corrected chi connectivity index (χ1v) is 7.91. The molecule has 24 heavy (non-hydrogen) atoms. The van der Waals surface area contributed by atoms with Crippen molar-refractivity contribution >= 4 is 35.0 Å². The molecule has 2 amide bonds. The Balaban J connectivity index is 1.96. The average Bonchev–Trinajstić information content (AvgIpc) is 2.56. The largest absolute Gasteiger partial charge is 0.350 e. The van der Waals surface area contributed by atoms with Gasteiger partial charge in [-0.05, 0) is 24.6 Å². The maximum Gasteiger partial charge on any atom is 0.253 e. The Labute approximate surface area is 149 Å². The van der Waals surface area contributed by atoms with Crippen molar-refractivity contribution in [1.29, 1.82) is 0 Å². The highest BCUT2D eigenvalue weighted by Gasteiger charge is 2.19. The summed E-state index contributed by atoms with van der Waals surface area (Å²) in [5.41, 5.74) is 0.855. The number of carbonyl (C=O) groups is 2. The van der Waals surface area contributed by atoms with Crippen LogP contribution in [0.1, 0.15) is 22.8 Å².